The lowest BCUT2D eigenvalue weighted by Gasteiger charge is -2.31. The molecule has 1 aromatic carbocycles. The monoisotopic (exact) mass is 419 g/mol. The lowest BCUT2D eigenvalue weighted by Crippen LogP contribution is -2.43. The van der Waals surface area contributed by atoms with Crippen molar-refractivity contribution in [2.24, 2.45) is 5.92 Å². The average Bonchev–Trinajstić information content (AvgIpc) is 2.84. The van der Waals surface area contributed by atoms with Gasteiger partial charge < -0.3 is 19.7 Å². The molecule has 0 spiro atoms. The molecule has 8 heteroatoms. The minimum absolute atomic E-state index is 0.0392. The number of carbonyl (C=O) groups excluding carboxylic acids is 1. The second kappa shape index (κ2) is 9.88. The lowest BCUT2D eigenvalue weighted by atomic mass is 9.97. The Morgan fingerprint density at radius 1 is 1.13 bits per heavy atom. The Bertz CT molecular complexity index is 998. The SMILES string of the molecule is COc1cccc(Oc2ccc(CNC(=O)C3CCCN(c4ncccn4)C3)cn2)c1. The van der Waals surface area contributed by atoms with Crippen LogP contribution in [0, 0.1) is 5.92 Å². The summed E-state index contributed by atoms with van der Waals surface area (Å²) < 4.78 is 11.0. The maximum atomic E-state index is 12.7. The van der Waals surface area contributed by atoms with Crippen LogP contribution in [0.4, 0.5) is 5.95 Å². The average molecular weight is 419 g/mol. The molecule has 0 radical (unpaired) electrons. The zero-order chi connectivity index (χ0) is 21.5. The molecule has 0 bridgehead atoms. The van der Waals surface area contributed by atoms with Gasteiger partial charge in [-0.15, -0.1) is 0 Å². The summed E-state index contributed by atoms with van der Waals surface area (Å²) in [4.78, 5) is 27.7. The van der Waals surface area contributed by atoms with Gasteiger partial charge in [0.2, 0.25) is 17.7 Å². The van der Waals surface area contributed by atoms with Gasteiger partial charge in [-0.3, -0.25) is 4.79 Å². The van der Waals surface area contributed by atoms with Crippen molar-refractivity contribution in [3.05, 3.63) is 66.6 Å². The number of pyridine rings is 1. The normalized spacial score (nSPS) is 15.9. The Kier molecular flexibility index (Phi) is 6.56. The smallest absolute Gasteiger partial charge is 0.225 e. The van der Waals surface area contributed by atoms with E-state index in [2.05, 4.69) is 25.2 Å². The first kappa shape index (κ1) is 20.6. The highest BCUT2D eigenvalue weighted by molar-refractivity contribution is 5.79. The fourth-order valence-corrected chi connectivity index (χ4v) is 3.52. The van der Waals surface area contributed by atoms with Crippen molar-refractivity contribution < 1.29 is 14.3 Å². The van der Waals surface area contributed by atoms with Crippen molar-refractivity contribution in [2.75, 3.05) is 25.1 Å². The number of rotatable bonds is 7. The van der Waals surface area contributed by atoms with Gasteiger partial charge in [-0.25, -0.2) is 15.0 Å². The Hall–Kier alpha value is -3.68. The van der Waals surface area contributed by atoms with E-state index < -0.39 is 0 Å². The third-order valence-electron chi connectivity index (χ3n) is 5.16. The molecule has 1 amide bonds. The molecule has 2 aromatic heterocycles. The molecule has 1 unspecified atom stereocenters. The van der Waals surface area contributed by atoms with Gasteiger partial charge in [0.25, 0.3) is 0 Å². The van der Waals surface area contributed by atoms with Crippen LogP contribution in [0.5, 0.6) is 17.4 Å². The van der Waals surface area contributed by atoms with Crippen LogP contribution in [0.3, 0.4) is 0 Å². The minimum atomic E-state index is -0.0822. The number of anilines is 1. The predicted molar refractivity (Wildman–Crippen MR) is 116 cm³/mol. The maximum absolute atomic E-state index is 12.7. The number of piperidine rings is 1. The van der Waals surface area contributed by atoms with Gasteiger partial charge in [0.05, 0.1) is 13.0 Å². The van der Waals surface area contributed by atoms with E-state index in [-0.39, 0.29) is 11.8 Å². The topological polar surface area (TPSA) is 89.5 Å². The van der Waals surface area contributed by atoms with Crippen LogP contribution in [0.15, 0.2) is 61.1 Å². The molecule has 4 rings (SSSR count). The van der Waals surface area contributed by atoms with Crippen molar-refractivity contribution >= 4 is 11.9 Å². The van der Waals surface area contributed by atoms with Crippen LogP contribution < -0.4 is 19.7 Å². The van der Waals surface area contributed by atoms with E-state index in [1.54, 1.807) is 43.9 Å². The molecular weight excluding hydrogens is 394 g/mol. The fourth-order valence-electron chi connectivity index (χ4n) is 3.52. The van der Waals surface area contributed by atoms with E-state index in [0.717, 1.165) is 30.7 Å². The number of benzene rings is 1. The number of hydrogen-bond donors (Lipinski definition) is 1. The number of hydrogen-bond acceptors (Lipinski definition) is 7. The van der Waals surface area contributed by atoms with Crippen LogP contribution in [0.2, 0.25) is 0 Å². The standard InChI is InChI=1S/C23H25N5O3/c1-30-19-6-2-7-20(13-19)31-21-9-8-17(14-26-21)15-27-22(29)18-5-3-12-28(16-18)23-24-10-4-11-25-23/h2,4,6-11,13-14,18H,3,5,12,15-16H2,1H3,(H,27,29). The molecule has 1 fully saturated rings. The van der Waals surface area contributed by atoms with Crippen molar-refractivity contribution in [1.82, 2.24) is 20.3 Å². The summed E-state index contributed by atoms with van der Waals surface area (Å²) in [6.45, 7) is 1.91. The summed E-state index contributed by atoms with van der Waals surface area (Å²) in [5, 5.41) is 3.02. The van der Waals surface area contributed by atoms with Crippen LogP contribution in [0.1, 0.15) is 18.4 Å². The van der Waals surface area contributed by atoms with Gasteiger partial charge in [-0.2, -0.15) is 0 Å². The van der Waals surface area contributed by atoms with Gasteiger partial charge in [0.1, 0.15) is 11.5 Å². The van der Waals surface area contributed by atoms with Gasteiger partial charge in [0, 0.05) is 50.4 Å². The number of ether oxygens (including phenoxy) is 2. The molecule has 0 saturated carbocycles. The third kappa shape index (κ3) is 5.48. The van der Waals surface area contributed by atoms with Gasteiger partial charge in [-0.1, -0.05) is 12.1 Å². The summed E-state index contributed by atoms with van der Waals surface area (Å²) in [5.74, 6) is 2.48. The maximum Gasteiger partial charge on any atom is 0.225 e. The molecule has 160 valence electrons. The van der Waals surface area contributed by atoms with E-state index in [0.29, 0.717) is 30.7 Å². The molecule has 0 aliphatic carbocycles. The zero-order valence-electron chi connectivity index (χ0n) is 17.4. The van der Waals surface area contributed by atoms with Crippen molar-refractivity contribution in [1.29, 1.82) is 0 Å². The Balaban J connectivity index is 1.29. The highest BCUT2D eigenvalue weighted by Gasteiger charge is 2.26. The second-order valence-corrected chi connectivity index (χ2v) is 7.34. The summed E-state index contributed by atoms with van der Waals surface area (Å²) in [7, 11) is 1.61. The van der Waals surface area contributed by atoms with E-state index in [4.69, 9.17) is 9.47 Å². The second-order valence-electron chi connectivity index (χ2n) is 7.34. The fraction of sp³-hybridized carbons (Fsp3) is 0.304. The highest BCUT2D eigenvalue weighted by atomic mass is 16.5. The molecule has 1 saturated heterocycles. The number of nitrogens with one attached hydrogen (secondary N) is 1. The van der Waals surface area contributed by atoms with Crippen LogP contribution in [-0.2, 0) is 11.3 Å². The summed E-state index contributed by atoms with van der Waals surface area (Å²) in [6.07, 6.45) is 6.96. The van der Waals surface area contributed by atoms with Crippen molar-refractivity contribution in [2.45, 2.75) is 19.4 Å². The van der Waals surface area contributed by atoms with E-state index in [9.17, 15) is 4.79 Å². The number of methoxy groups -OCH3 is 1. The van der Waals surface area contributed by atoms with Gasteiger partial charge in [-0.05, 0) is 36.6 Å². The van der Waals surface area contributed by atoms with E-state index >= 15 is 0 Å². The first-order chi connectivity index (χ1) is 15.2. The summed E-state index contributed by atoms with van der Waals surface area (Å²) >= 11 is 0. The molecule has 3 heterocycles. The minimum Gasteiger partial charge on any atom is -0.497 e. The van der Waals surface area contributed by atoms with Crippen LogP contribution in [0.25, 0.3) is 0 Å². The van der Waals surface area contributed by atoms with E-state index in [1.165, 1.54) is 0 Å². The Morgan fingerprint density at radius 2 is 1.97 bits per heavy atom. The largest absolute Gasteiger partial charge is 0.497 e. The molecule has 1 aliphatic heterocycles. The molecular formula is C23H25N5O3. The van der Waals surface area contributed by atoms with Gasteiger partial charge >= 0.3 is 0 Å². The molecule has 1 N–H and O–H groups in total. The third-order valence-corrected chi connectivity index (χ3v) is 5.16. The zero-order valence-corrected chi connectivity index (χ0v) is 17.4. The predicted octanol–water partition coefficient (Wildman–Crippen LogP) is 3.21. The van der Waals surface area contributed by atoms with Gasteiger partial charge in [0.15, 0.2) is 0 Å². The molecule has 1 atom stereocenters. The summed E-state index contributed by atoms with van der Waals surface area (Å²) in [6, 6.07) is 12.8. The molecule has 3 aromatic rings. The quantitative estimate of drug-likeness (QED) is 0.629. The van der Waals surface area contributed by atoms with Crippen molar-refractivity contribution in [3.63, 3.8) is 0 Å². The first-order valence-electron chi connectivity index (χ1n) is 10.3. The Morgan fingerprint density at radius 3 is 2.74 bits per heavy atom. The Labute approximate surface area is 181 Å². The number of carbonyl (C=O) groups is 1. The first-order valence-corrected chi connectivity index (χ1v) is 10.3. The summed E-state index contributed by atoms with van der Waals surface area (Å²) in [5.41, 5.74) is 0.908. The van der Waals surface area contributed by atoms with Crippen LogP contribution in [-0.4, -0.2) is 41.1 Å². The van der Waals surface area contributed by atoms with Crippen LogP contribution >= 0.6 is 0 Å². The lowest BCUT2D eigenvalue weighted by molar-refractivity contribution is -0.125. The highest BCUT2D eigenvalue weighted by Crippen LogP contribution is 2.24. The molecule has 8 nitrogen and oxygen atoms in total. The molecule has 31 heavy (non-hydrogen) atoms. The van der Waals surface area contributed by atoms with Crippen molar-refractivity contribution in [3.8, 4) is 17.4 Å². The molecule has 1 aliphatic rings. The number of aromatic nitrogens is 3. The number of amides is 1. The van der Waals surface area contributed by atoms with E-state index in [1.807, 2.05) is 24.3 Å². The number of nitrogens with zero attached hydrogens (tertiary/aromatic N) is 4.